The van der Waals surface area contributed by atoms with E-state index in [0.717, 1.165) is 17.7 Å². The van der Waals surface area contributed by atoms with Crippen LogP contribution in [0.25, 0.3) is 0 Å². The zero-order valence-electron chi connectivity index (χ0n) is 13.0. The van der Waals surface area contributed by atoms with E-state index in [2.05, 4.69) is 6.07 Å². The van der Waals surface area contributed by atoms with Gasteiger partial charge in [0.1, 0.15) is 0 Å². The van der Waals surface area contributed by atoms with E-state index in [9.17, 15) is 13.2 Å². The van der Waals surface area contributed by atoms with E-state index in [-0.39, 0.29) is 23.5 Å². The minimum Gasteiger partial charge on any atom is -0.334 e. The van der Waals surface area contributed by atoms with Gasteiger partial charge in [0.25, 0.3) is 5.91 Å². The molecule has 1 saturated heterocycles. The highest BCUT2D eigenvalue weighted by Crippen LogP contribution is 2.30. The molecule has 1 aromatic heterocycles. The number of carbonyl (C=O) groups is 1. The lowest BCUT2D eigenvalue weighted by atomic mass is 10.1. The topological polar surface area (TPSA) is 54.5 Å². The van der Waals surface area contributed by atoms with Gasteiger partial charge in [0, 0.05) is 17.5 Å². The van der Waals surface area contributed by atoms with Crippen molar-refractivity contribution in [1.82, 2.24) is 4.90 Å². The van der Waals surface area contributed by atoms with Gasteiger partial charge in [-0.3, -0.25) is 4.79 Å². The van der Waals surface area contributed by atoms with Crippen LogP contribution in [0.3, 0.4) is 0 Å². The lowest BCUT2D eigenvalue weighted by Gasteiger charge is -2.26. The number of thiophene rings is 1. The van der Waals surface area contributed by atoms with Gasteiger partial charge in [0.15, 0.2) is 9.84 Å². The fourth-order valence-corrected chi connectivity index (χ4v) is 6.44. The minimum absolute atomic E-state index is 0.0164. The molecule has 0 spiro atoms. The van der Waals surface area contributed by atoms with Crippen molar-refractivity contribution in [1.29, 1.82) is 0 Å². The lowest BCUT2D eigenvalue weighted by Crippen LogP contribution is -2.40. The molecule has 2 aliphatic rings. The Morgan fingerprint density at radius 1 is 1.32 bits per heavy atom. The van der Waals surface area contributed by atoms with Crippen LogP contribution in [-0.2, 0) is 22.7 Å². The Morgan fingerprint density at radius 3 is 2.77 bits per heavy atom. The zero-order chi connectivity index (χ0) is 15.7. The van der Waals surface area contributed by atoms with Crippen molar-refractivity contribution in [2.24, 2.45) is 0 Å². The molecule has 6 heteroatoms. The molecule has 1 atom stereocenters. The maximum Gasteiger partial charge on any atom is 0.264 e. The van der Waals surface area contributed by atoms with Gasteiger partial charge in [-0.05, 0) is 50.7 Å². The third kappa shape index (κ3) is 3.23. The summed E-state index contributed by atoms with van der Waals surface area (Å²) in [4.78, 5) is 16.7. The third-order valence-corrected chi connectivity index (χ3v) is 7.68. The Kier molecular flexibility index (Phi) is 4.59. The van der Waals surface area contributed by atoms with E-state index in [4.69, 9.17) is 0 Å². The molecule has 1 amide bonds. The Hall–Kier alpha value is -0.880. The molecule has 0 bridgehead atoms. The van der Waals surface area contributed by atoms with Crippen molar-refractivity contribution in [3.05, 3.63) is 21.4 Å². The average Bonchev–Trinajstić information content (AvgIpc) is 2.96. The van der Waals surface area contributed by atoms with Gasteiger partial charge in [0.05, 0.1) is 16.4 Å². The van der Waals surface area contributed by atoms with Crippen molar-refractivity contribution in [2.75, 3.05) is 18.1 Å². The van der Waals surface area contributed by atoms with E-state index in [1.807, 2.05) is 6.92 Å². The summed E-state index contributed by atoms with van der Waals surface area (Å²) in [6.45, 7) is 2.50. The molecule has 2 heterocycles. The van der Waals surface area contributed by atoms with Crippen molar-refractivity contribution < 1.29 is 13.2 Å². The summed E-state index contributed by atoms with van der Waals surface area (Å²) < 4.78 is 23.4. The molecule has 4 nitrogen and oxygen atoms in total. The molecular weight excluding hydrogens is 318 g/mol. The van der Waals surface area contributed by atoms with Crippen molar-refractivity contribution in [3.8, 4) is 0 Å². The Bertz CT molecular complexity index is 639. The van der Waals surface area contributed by atoms with Crippen LogP contribution >= 0.6 is 11.3 Å². The van der Waals surface area contributed by atoms with Gasteiger partial charge in [-0.25, -0.2) is 8.42 Å². The molecule has 1 aliphatic heterocycles. The molecule has 1 fully saturated rings. The summed E-state index contributed by atoms with van der Waals surface area (Å²) in [6.07, 6.45) is 6.41. The van der Waals surface area contributed by atoms with Crippen LogP contribution in [0.1, 0.15) is 52.7 Å². The monoisotopic (exact) mass is 341 g/mol. The molecule has 0 radical (unpaired) electrons. The minimum atomic E-state index is -2.96. The van der Waals surface area contributed by atoms with E-state index < -0.39 is 9.84 Å². The predicted octanol–water partition coefficient (Wildman–Crippen LogP) is 2.67. The number of fused-ring (bicyclic) bond motifs is 1. The lowest BCUT2D eigenvalue weighted by molar-refractivity contribution is 0.0713. The number of sulfone groups is 1. The van der Waals surface area contributed by atoms with Crippen molar-refractivity contribution in [3.63, 3.8) is 0 Å². The van der Waals surface area contributed by atoms with Gasteiger partial charge in [-0.15, -0.1) is 11.3 Å². The van der Waals surface area contributed by atoms with E-state index in [1.165, 1.54) is 29.7 Å². The predicted molar refractivity (Wildman–Crippen MR) is 89.3 cm³/mol. The maximum atomic E-state index is 12.8. The van der Waals surface area contributed by atoms with Crippen LogP contribution in [0, 0.1) is 0 Å². The van der Waals surface area contributed by atoms with Crippen LogP contribution in [-0.4, -0.2) is 43.3 Å². The second kappa shape index (κ2) is 6.32. The first-order chi connectivity index (χ1) is 10.5. The molecular formula is C16H23NO3S2. The number of hydrogen-bond acceptors (Lipinski definition) is 4. The summed E-state index contributed by atoms with van der Waals surface area (Å²) in [6, 6.07) is 1.91. The molecule has 0 N–H and O–H groups in total. The van der Waals surface area contributed by atoms with Crippen LogP contribution in [0.15, 0.2) is 6.07 Å². The Labute approximate surface area is 136 Å². The van der Waals surface area contributed by atoms with Gasteiger partial charge >= 0.3 is 0 Å². The zero-order valence-corrected chi connectivity index (χ0v) is 14.6. The van der Waals surface area contributed by atoms with Gasteiger partial charge in [-0.1, -0.05) is 6.42 Å². The van der Waals surface area contributed by atoms with Crippen LogP contribution < -0.4 is 0 Å². The molecule has 0 unspecified atom stereocenters. The van der Waals surface area contributed by atoms with Crippen LogP contribution in [0.5, 0.6) is 0 Å². The fourth-order valence-electron chi connectivity index (χ4n) is 3.50. The first-order valence-electron chi connectivity index (χ1n) is 8.13. The quantitative estimate of drug-likeness (QED) is 0.794. The van der Waals surface area contributed by atoms with Gasteiger partial charge in [-0.2, -0.15) is 0 Å². The molecule has 1 aliphatic carbocycles. The smallest absolute Gasteiger partial charge is 0.264 e. The van der Waals surface area contributed by atoms with E-state index in [0.29, 0.717) is 13.0 Å². The number of aryl methyl sites for hydroxylation is 2. The summed E-state index contributed by atoms with van der Waals surface area (Å²) in [5.74, 6) is 0.350. The molecule has 0 saturated carbocycles. The summed E-state index contributed by atoms with van der Waals surface area (Å²) in [7, 11) is -2.96. The number of hydrogen-bond donors (Lipinski definition) is 0. The number of carbonyl (C=O) groups excluding carboxylic acids is 1. The SMILES string of the molecule is CCN(C(=O)c1cc2c(s1)CCCCC2)[C@H]1CCS(=O)(=O)C1. The molecule has 1 aromatic rings. The first kappa shape index (κ1) is 16.0. The number of rotatable bonds is 3. The molecule has 22 heavy (non-hydrogen) atoms. The second-order valence-corrected chi connectivity index (χ2v) is 9.63. The number of nitrogens with zero attached hydrogens (tertiary/aromatic N) is 1. The Morgan fingerprint density at radius 2 is 2.09 bits per heavy atom. The van der Waals surface area contributed by atoms with E-state index >= 15 is 0 Å². The average molecular weight is 341 g/mol. The highest BCUT2D eigenvalue weighted by Gasteiger charge is 2.34. The Balaban J connectivity index is 1.80. The fraction of sp³-hybridized carbons (Fsp3) is 0.688. The molecule has 0 aromatic carbocycles. The van der Waals surface area contributed by atoms with Crippen molar-refractivity contribution in [2.45, 2.75) is 51.5 Å². The summed E-state index contributed by atoms with van der Waals surface area (Å²) in [5.41, 5.74) is 1.33. The summed E-state index contributed by atoms with van der Waals surface area (Å²) in [5, 5.41) is 0. The van der Waals surface area contributed by atoms with Crippen molar-refractivity contribution >= 4 is 27.1 Å². The molecule has 3 rings (SSSR count). The second-order valence-electron chi connectivity index (χ2n) is 6.27. The maximum absolute atomic E-state index is 12.8. The summed E-state index contributed by atoms with van der Waals surface area (Å²) >= 11 is 1.62. The van der Waals surface area contributed by atoms with Gasteiger partial charge < -0.3 is 4.90 Å². The molecule has 122 valence electrons. The van der Waals surface area contributed by atoms with Gasteiger partial charge in [0.2, 0.25) is 0 Å². The van der Waals surface area contributed by atoms with E-state index in [1.54, 1.807) is 16.2 Å². The highest BCUT2D eigenvalue weighted by molar-refractivity contribution is 7.91. The third-order valence-electron chi connectivity index (χ3n) is 4.71. The standard InChI is InChI=1S/C16H23NO3S2/c1-2-17(13-8-9-22(19,20)11-13)16(18)15-10-12-6-4-3-5-7-14(12)21-15/h10,13H,2-9,11H2,1H3/t13-/m0/s1. The van der Waals surface area contributed by atoms with Crippen LogP contribution in [0.4, 0.5) is 0 Å². The van der Waals surface area contributed by atoms with Crippen LogP contribution in [0.2, 0.25) is 0 Å². The number of amides is 1. The first-order valence-corrected chi connectivity index (χ1v) is 10.8. The normalized spacial score (nSPS) is 23.8. The largest absolute Gasteiger partial charge is 0.334 e. The highest BCUT2D eigenvalue weighted by atomic mass is 32.2.